The second-order valence-corrected chi connectivity index (χ2v) is 7.65. The van der Waals surface area contributed by atoms with Crippen molar-refractivity contribution in [3.63, 3.8) is 0 Å². The van der Waals surface area contributed by atoms with Crippen LogP contribution in [0.1, 0.15) is 35.3 Å². The molecule has 0 fully saturated rings. The predicted molar refractivity (Wildman–Crippen MR) is 103 cm³/mol. The van der Waals surface area contributed by atoms with Crippen molar-refractivity contribution in [1.82, 2.24) is 4.90 Å². The third-order valence-corrected chi connectivity index (χ3v) is 5.00. The van der Waals surface area contributed by atoms with E-state index in [2.05, 4.69) is 18.7 Å². The molecule has 5 rings (SSSR count). The van der Waals surface area contributed by atoms with Gasteiger partial charge in [-0.2, -0.15) is 0 Å². The van der Waals surface area contributed by atoms with E-state index in [1.807, 2.05) is 24.3 Å². The fourth-order valence-corrected chi connectivity index (χ4v) is 3.79. The van der Waals surface area contributed by atoms with E-state index >= 15 is 0 Å². The SMILES string of the molecule is CC(C)CN1COc2ccc3c(c2C1)O/C(=C\c1ccc2c(c1)OCO2)C3=O. The van der Waals surface area contributed by atoms with Crippen molar-refractivity contribution in [1.29, 1.82) is 0 Å². The summed E-state index contributed by atoms with van der Waals surface area (Å²) < 4.78 is 22.7. The fourth-order valence-electron chi connectivity index (χ4n) is 3.79. The van der Waals surface area contributed by atoms with Gasteiger partial charge in [-0.05, 0) is 41.8 Å². The lowest BCUT2D eigenvalue weighted by atomic mass is 10.0. The topological polar surface area (TPSA) is 57.2 Å². The summed E-state index contributed by atoms with van der Waals surface area (Å²) in [5, 5.41) is 0. The molecule has 3 aliphatic heterocycles. The molecule has 0 aliphatic carbocycles. The highest BCUT2D eigenvalue weighted by Crippen LogP contribution is 2.42. The highest BCUT2D eigenvalue weighted by Gasteiger charge is 2.33. The van der Waals surface area contributed by atoms with Crippen molar-refractivity contribution >= 4 is 11.9 Å². The van der Waals surface area contributed by atoms with Crippen molar-refractivity contribution in [2.75, 3.05) is 20.1 Å². The molecular weight excluding hydrogens is 358 g/mol. The van der Waals surface area contributed by atoms with E-state index in [0.29, 0.717) is 47.8 Å². The molecule has 144 valence electrons. The third kappa shape index (κ3) is 2.90. The third-order valence-electron chi connectivity index (χ3n) is 5.00. The number of benzene rings is 2. The maximum absolute atomic E-state index is 12.9. The van der Waals surface area contributed by atoms with Gasteiger partial charge in [0, 0.05) is 13.1 Å². The van der Waals surface area contributed by atoms with Gasteiger partial charge in [0.1, 0.15) is 18.2 Å². The zero-order chi connectivity index (χ0) is 19.3. The van der Waals surface area contributed by atoms with Crippen LogP contribution in [0.4, 0.5) is 0 Å². The molecule has 3 aliphatic rings. The van der Waals surface area contributed by atoms with Gasteiger partial charge >= 0.3 is 0 Å². The minimum Gasteiger partial charge on any atom is -0.478 e. The summed E-state index contributed by atoms with van der Waals surface area (Å²) in [7, 11) is 0. The smallest absolute Gasteiger partial charge is 0.231 e. The van der Waals surface area contributed by atoms with Gasteiger partial charge in [-0.3, -0.25) is 9.69 Å². The second kappa shape index (κ2) is 6.56. The minimum absolute atomic E-state index is 0.114. The van der Waals surface area contributed by atoms with E-state index in [1.165, 1.54) is 0 Å². The standard InChI is InChI=1S/C22H21NO5/c1-13(2)9-23-10-16-17(25-11-23)6-4-15-21(24)20(28-22(15)16)8-14-3-5-18-19(7-14)27-12-26-18/h3-8,13H,9-12H2,1-2H3/b20-8-. The lowest BCUT2D eigenvalue weighted by Gasteiger charge is -2.30. The molecule has 6 heteroatoms. The van der Waals surface area contributed by atoms with Crippen LogP contribution in [0, 0.1) is 5.92 Å². The number of hydrogen-bond donors (Lipinski definition) is 0. The maximum Gasteiger partial charge on any atom is 0.231 e. The Morgan fingerprint density at radius 3 is 2.75 bits per heavy atom. The first-order valence-corrected chi connectivity index (χ1v) is 9.43. The summed E-state index contributed by atoms with van der Waals surface area (Å²) >= 11 is 0. The molecule has 0 spiro atoms. The molecule has 0 unspecified atom stereocenters. The maximum atomic E-state index is 12.9. The number of carbonyl (C=O) groups excluding carboxylic acids is 1. The van der Waals surface area contributed by atoms with Crippen LogP contribution in [0.25, 0.3) is 6.08 Å². The van der Waals surface area contributed by atoms with Crippen LogP contribution < -0.4 is 18.9 Å². The number of Topliss-reactive ketones (excluding diaryl/α,β-unsaturated/α-hetero) is 1. The Balaban J connectivity index is 1.46. The Kier molecular flexibility index (Phi) is 4.02. The van der Waals surface area contributed by atoms with Crippen molar-refractivity contribution < 1.29 is 23.7 Å². The van der Waals surface area contributed by atoms with Crippen molar-refractivity contribution in [3.05, 3.63) is 52.8 Å². The van der Waals surface area contributed by atoms with Gasteiger partial charge in [0.2, 0.25) is 12.6 Å². The summed E-state index contributed by atoms with van der Waals surface area (Å²) in [5.74, 6) is 3.51. The van der Waals surface area contributed by atoms with Crippen LogP contribution in [-0.4, -0.2) is 30.8 Å². The molecule has 0 amide bonds. The van der Waals surface area contributed by atoms with Gasteiger partial charge in [-0.1, -0.05) is 19.9 Å². The summed E-state index contributed by atoms with van der Waals surface area (Å²) in [6.45, 7) is 6.76. The summed E-state index contributed by atoms with van der Waals surface area (Å²) in [5.41, 5.74) is 2.35. The largest absolute Gasteiger partial charge is 0.478 e. The van der Waals surface area contributed by atoms with Crippen LogP contribution in [0.2, 0.25) is 0 Å². The molecule has 0 saturated carbocycles. The van der Waals surface area contributed by atoms with Gasteiger partial charge in [0.25, 0.3) is 0 Å². The quantitative estimate of drug-likeness (QED) is 0.756. The van der Waals surface area contributed by atoms with Gasteiger partial charge < -0.3 is 18.9 Å². The molecule has 28 heavy (non-hydrogen) atoms. The molecule has 0 aromatic heterocycles. The molecule has 0 N–H and O–H groups in total. The molecule has 0 radical (unpaired) electrons. The van der Waals surface area contributed by atoms with Gasteiger partial charge in [0.15, 0.2) is 17.3 Å². The normalized spacial score (nSPS) is 18.8. The van der Waals surface area contributed by atoms with Crippen molar-refractivity contribution in [2.45, 2.75) is 20.4 Å². The van der Waals surface area contributed by atoms with E-state index in [0.717, 1.165) is 23.4 Å². The fraction of sp³-hybridized carbons (Fsp3) is 0.318. The molecule has 0 bridgehead atoms. The highest BCUT2D eigenvalue weighted by molar-refractivity contribution is 6.15. The number of rotatable bonds is 3. The van der Waals surface area contributed by atoms with Crippen molar-refractivity contribution in [2.24, 2.45) is 5.92 Å². The summed E-state index contributed by atoms with van der Waals surface area (Å²) in [4.78, 5) is 15.1. The molecule has 0 atom stereocenters. The first kappa shape index (κ1) is 17.1. The van der Waals surface area contributed by atoms with E-state index in [4.69, 9.17) is 18.9 Å². The minimum atomic E-state index is -0.114. The molecule has 2 aromatic carbocycles. The van der Waals surface area contributed by atoms with Gasteiger partial charge in [-0.25, -0.2) is 0 Å². The first-order chi connectivity index (χ1) is 13.6. The lowest BCUT2D eigenvalue weighted by molar-refractivity contribution is 0.0832. The van der Waals surface area contributed by atoms with E-state index in [9.17, 15) is 4.79 Å². The lowest BCUT2D eigenvalue weighted by Crippen LogP contribution is -2.34. The predicted octanol–water partition coefficient (Wildman–Crippen LogP) is 3.84. The number of hydrogen-bond acceptors (Lipinski definition) is 6. The molecule has 6 nitrogen and oxygen atoms in total. The average Bonchev–Trinajstić information content (AvgIpc) is 3.26. The average molecular weight is 379 g/mol. The molecule has 0 saturated heterocycles. The number of fused-ring (bicyclic) bond motifs is 4. The Morgan fingerprint density at radius 1 is 1.07 bits per heavy atom. The molecule has 3 heterocycles. The Hall–Kier alpha value is -2.99. The summed E-state index contributed by atoms with van der Waals surface area (Å²) in [6, 6.07) is 9.21. The molecular formula is C22H21NO5. The summed E-state index contributed by atoms with van der Waals surface area (Å²) in [6.07, 6.45) is 1.74. The molecule has 2 aromatic rings. The zero-order valence-electron chi connectivity index (χ0n) is 15.9. The monoisotopic (exact) mass is 379 g/mol. The number of carbonyl (C=O) groups is 1. The number of ether oxygens (including phenoxy) is 4. The van der Waals surface area contributed by atoms with Gasteiger partial charge in [0.05, 0.1) is 11.1 Å². The number of ketones is 1. The van der Waals surface area contributed by atoms with Crippen LogP contribution in [-0.2, 0) is 6.54 Å². The van der Waals surface area contributed by atoms with Crippen molar-refractivity contribution in [3.8, 4) is 23.0 Å². The van der Waals surface area contributed by atoms with E-state index in [-0.39, 0.29) is 12.6 Å². The van der Waals surface area contributed by atoms with Crippen LogP contribution in [0.15, 0.2) is 36.1 Å². The first-order valence-electron chi connectivity index (χ1n) is 9.43. The number of nitrogens with zero attached hydrogens (tertiary/aromatic N) is 1. The van der Waals surface area contributed by atoms with E-state index < -0.39 is 0 Å². The Bertz CT molecular complexity index is 995. The second-order valence-electron chi connectivity index (χ2n) is 7.65. The number of allylic oxidation sites excluding steroid dienone is 1. The van der Waals surface area contributed by atoms with Crippen LogP contribution in [0.3, 0.4) is 0 Å². The van der Waals surface area contributed by atoms with E-state index in [1.54, 1.807) is 12.1 Å². The zero-order valence-corrected chi connectivity index (χ0v) is 15.9. The Morgan fingerprint density at radius 2 is 1.89 bits per heavy atom. The van der Waals surface area contributed by atoms with Gasteiger partial charge in [-0.15, -0.1) is 0 Å². The van der Waals surface area contributed by atoms with Crippen LogP contribution >= 0.6 is 0 Å². The highest BCUT2D eigenvalue weighted by atomic mass is 16.7. The Labute approximate surface area is 163 Å². The van der Waals surface area contributed by atoms with Crippen LogP contribution in [0.5, 0.6) is 23.0 Å².